The Morgan fingerprint density at radius 1 is 1.29 bits per heavy atom. The van der Waals surface area contributed by atoms with Crippen LogP contribution in [0.5, 0.6) is 0 Å². The predicted molar refractivity (Wildman–Crippen MR) is 82.3 cm³/mol. The van der Waals surface area contributed by atoms with Crippen molar-refractivity contribution in [3.8, 4) is 0 Å². The Hall–Kier alpha value is -2.33. The Morgan fingerprint density at radius 2 is 2.05 bits per heavy atom. The van der Waals surface area contributed by atoms with Crippen molar-refractivity contribution >= 4 is 34.0 Å². The predicted octanol–water partition coefficient (Wildman–Crippen LogP) is 4.08. The van der Waals surface area contributed by atoms with Crippen molar-refractivity contribution in [1.82, 2.24) is 4.98 Å². The highest BCUT2D eigenvalue weighted by Crippen LogP contribution is 2.28. The summed E-state index contributed by atoms with van der Waals surface area (Å²) in [6.07, 6.45) is 1.54. The van der Waals surface area contributed by atoms with Gasteiger partial charge in [-0.25, -0.2) is 4.39 Å². The Balaban J connectivity index is 2.20. The first-order valence-electron chi connectivity index (χ1n) is 6.35. The van der Waals surface area contributed by atoms with Gasteiger partial charge < -0.3 is 10.7 Å². The number of fused-ring (bicyclic) bond motifs is 1. The molecule has 0 spiro atoms. The summed E-state index contributed by atoms with van der Waals surface area (Å²) < 4.78 is 14.2. The Morgan fingerprint density at radius 3 is 2.81 bits per heavy atom. The highest BCUT2D eigenvalue weighted by Gasteiger charge is 2.20. The number of para-hydroxylation sites is 1. The number of anilines is 1. The molecule has 21 heavy (non-hydrogen) atoms. The zero-order valence-corrected chi connectivity index (χ0v) is 12.0. The van der Waals surface area contributed by atoms with E-state index in [4.69, 9.17) is 17.3 Å². The monoisotopic (exact) mass is 302 g/mol. The van der Waals surface area contributed by atoms with Gasteiger partial charge in [-0.1, -0.05) is 23.7 Å². The molecule has 0 saturated heterocycles. The maximum absolute atomic E-state index is 14.2. The van der Waals surface area contributed by atoms with Crippen LogP contribution >= 0.6 is 11.6 Å². The van der Waals surface area contributed by atoms with Crippen molar-refractivity contribution in [3.05, 3.63) is 64.1 Å². The number of ketones is 1. The zero-order chi connectivity index (χ0) is 15.1. The molecule has 0 radical (unpaired) electrons. The third kappa shape index (κ3) is 2.17. The molecule has 3 N–H and O–H groups in total. The fraction of sp³-hybridized carbons (Fsp3) is 0.0625. The number of carbonyl (C=O) groups is 1. The number of rotatable bonds is 2. The van der Waals surface area contributed by atoms with E-state index in [9.17, 15) is 9.18 Å². The molecule has 3 nitrogen and oxygen atoms in total. The number of hydrogen-bond acceptors (Lipinski definition) is 2. The molecular weight excluding hydrogens is 291 g/mol. The first kappa shape index (κ1) is 13.6. The minimum absolute atomic E-state index is 0.0339. The molecule has 0 amide bonds. The van der Waals surface area contributed by atoms with E-state index in [1.807, 2.05) is 0 Å². The summed E-state index contributed by atoms with van der Waals surface area (Å²) in [6.45, 7) is 1.58. The smallest absolute Gasteiger partial charge is 0.198 e. The van der Waals surface area contributed by atoms with E-state index in [1.54, 1.807) is 25.1 Å². The topological polar surface area (TPSA) is 58.9 Å². The molecule has 0 saturated carbocycles. The lowest BCUT2D eigenvalue weighted by atomic mass is 9.99. The lowest BCUT2D eigenvalue weighted by Crippen LogP contribution is -2.06. The molecule has 106 valence electrons. The van der Waals surface area contributed by atoms with Crippen molar-refractivity contribution in [2.45, 2.75) is 6.92 Å². The summed E-state index contributed by atoms with van der Waals surface area (Å²) in [5.41, 5.74) is 7.40. The van der Waals surface area contributed by atoms with Crippen LogP contribution in [0.15, 0.2) is 36.5 Å². The molecule has 2 aromatic carbocycles. The Kier molecular flexibility index (Phi) is 3.18. The second-order valence-corrected chi connectivity index (χ2v) is 5.30. The number of nitrogen functional groups attached to an aromatic ring is 1. The molecule has 1 aromatic heterocycles. The van der Waals surface area contributed by atoms with Gasteiger partial charge in [-0.3, -0.25) is 4.79 Å². The van der Waals surface area contributed by atoms with Crippen LogP contribution in [0.1, 0.15) is 21.5 Å². The van der Waals surface area contributed by atoms with E-state index in [0.29, 0.717) is 32.7 Å². The van der Waals surface area contributed by atoms with E-state index in [-0.39, 0.29) is 5.56 Å². The van der Waals surface area contributed by atoms with E-state index < -0.39 is 11.6 Å². The Bertz CT molecular complexity index is 870. The van der Waals surface area contributed by atoms with Crippen molar-refractivity contribution in [2.75, 3.05) is 5.73 Å². The van der Waals surface area contributed by atoms with Crippen LogP contribution in [0.3, 0.4) is 0 Å². The van der Waals surface area contributed by atoms with Gasteiger partial charge in [0.05, 0.1) is 16.1 Å². The van der Waals surface area contributed by atoms with Crippen molar-refractivity contribution in [3.63, 3.8) is 0 Å². The molecule has 3 aromatic rings. The highest BCUT2D eigenvalue weighted by atomic mass is 35.5. The van der Waals surface area contributed by atoms with Gasteiger partial charge in [0, 0.05) is 22.8 Å². The highest BCUT2D eigenvalue weighted by molar-refractivity contribution is 6.35. The quantitative estimate of drug-likeness (QED) is 0.553. The Labute approximate surface area is 125 Å². The van der Waals surface area contributed by atoms with Crippen LogP contribution in [-0.4, -0.2) is 10.8 Å². The normalized spacial score (nSPS) is 11.0. The molecule has 1 heterocycles. The maximum Gasteiger partial charge on any atom is 0.198 e. The number of nitrogens with two attached hydrogens (primary N) is 1. The van der Waals surface area contributed by atoms with Crippen LogP contribution < -0.4 is 5.73 Å². The third-order valence-electron chi connectivity index (χ3n) is 3.43. The number of halogens is 2. The number of aryl methyl sites for hydroxylation is 1. The summed E-state index contributed by atoms with van der Waals surface area (Å²) in [7, 11) is 0. The van der Waals surface area contributed by atoms with E-state index >= 15 is 0 Å². The summed E-state index contributed by atoms with van der Waals surface area (Å²) in [5.74, 6) is -0.970. The number of nitrogens with one attached hydrogen (secondary N) is 1. The van der Waals surface area contributed by atoms with Gasteiger partial charge in [-0.05, 0) is 30.7 Å². The van der Waals surface area contributed by atoms with Crippen molar-refractivity contribution < 1.29 is 9.18 Å². The van der Waals surface area contributed by atoms with Gasteiger partial charge in [-0.2, -0.15) is 0 Å². The molecule has 0 aliphatic carbocycles. The molecule has 0 aliphatic heterocycles. The third-order valence-corrected chi connectivity index (χ3v) is 3.75. The number of aromatic nitrogens is 1. The van der Waals surface area contributed by atoms with Crippen LogP contribution in [-0.2, 0) is 0 Å². The second-order valence-electron chi connectivity index (χ2n) is 4.89. The summed E-state index contributed by atoms with van der Waals surface area (Å²) in [5, 5.41) is 1.17. The van der Waals surface area contributed by atoms with Crippen LogP contribution in [0.4, 0.5) is 10.1 Å². The first-order chi connectivity index (χ1) is 9.99. The molecule has 0 aliphatic rings. The number of benzene rings is 2. The van der Waals surface area contributed by atoms with Crippen LogP contribution in [0.25, 0.3) is 10.9 Å². The molecule has 5 heteroatoms. The summed E-state index contributed by atoms with van der Waals surface area (Å²) in [6, 6.07) is 8.09. The van der Waals surface area contributed by atoms with Gasteiger partial charge in [0.25, 0.3) is 0 Å². The number of aromatic amines is 1. The van der Waals surface area contributed by atoms with Gasteiger partial charge in [0.15, 0.2) is 5.78 Å². The summed E-state index contributed by atoms with van der Waals surface area (Å²) in [4.78, 5) is 15.5. The van der Waals surface area contributed by atoms with Gasteiger partial charge in [0.1, 0.15) is 5.82 Å². The molecule has 3 rings (SSSR count). The molecule has 0 fully saturated rings. The van der Waals surface area contributed by atoms with Crippen molar-refractivity contribution in [2.24, 2.45) is 0 Å². The maximum atomic E-state index is 14.2. The van der Waals surface area contributed by atoms with Crippen LogP contribution in [0.2, 0.25) is 5.02 Å². The minimum atomic E-state index is -0.550. The van der Waals surface area contributed by atoms with Gasteiger partial charge in [-0.15, -0.1) is 0 Å². The molecular formula is C16H12ClFN2O. The molecule has 0 bridgehead atoms. The SMILES string of the molecule is Cc1cc(N)cc(C(=O)c2c[nH]c3c(Cl)cccc23)c1F. The van der Waals surface area contributed by atoms with E-state index in [2.05, 4.69) is 4.98 Å². The molecule has 0 atom stereocenters. The largest absolute Gasteiger partial charge is 0.399 e. The minimum Gasteiger partial charge on any atom is -0.399 e. The zero-order valence-electron chi connectivity index (χ0n) is 11.2. The standard InChI is InChI=1S/C16H12ClFN2O/c1-8-5-9(19)6-11(14(8)18)16(21)12-7-20-15-10(12)3-2-4-13(15)17/h2-7,20H,19H2,1H3. The number of H-pyrrole nitrogens is 1. The number of carbonyl (C=O) groups excluding carboxylic acids is 1. The van der Waals surface area contributed by atoms with Gasteiger partial charge >= 0.3 is 0 Å². The van der Waals surface area contributed by atoms with Crippen LogP contribution in [0, 0.1) is 12.7 Å². The summed E-state index contributed by atoms with van der Waals surface area (Å²) >= 11 is 6.07. The lowest BCUT2D eigenvalue weighted by molar-refractivity contribution is 0.103. The van der Waals surface area contributed by atoms with E-state index in [0.717, 1.165) is 0 Å². The average molecular weight is 303 g/mol. The van der Waals surface area contributed by atoms with Crippen molar-refractivity contribution in [1.29, 1.82) is 0 Å². The first-order valence-corrected chi connectivity index (χ1v) is 6.72. The van der Waals surface area contributed by atoms with E-state index in [1.165, 1.54) is 18.3 Å². The molecule has 0 unspecified atom stereocenters. The second kappa shape index (κ2) is 4.90. The average Bonchev–Trinajstić information content (AvgIpc) is 2.87. The number of hydrogen-bond donors (Lipinski definition) is 2. The fourth-order valence-corrected chi connectivity index (χ4v) is 2.64. The van der Waals surface area contributed by atoms with Gasteiger partial charge in [0.2, 0.25) is 0 Å². The fourth-order valence-electron chi connectivity index (χ4n) is 2.41. The lowest BCUT2D eigenvalue weighted by Gasteiger charge is -2.06.